The maximum Gasteiger partial charge on any atom is 0.120 e. The van der Waals surface area contributed by atoms with E-state index in [0.717, 1.165) is 12.2 Å². The fourth-order valence-corrected chi connectivity index (χ4v) is 2.75. The first-order valence-electron chi connectivity index (χ1n) is 6.39. The Morgan fingerprint density at radius 1 is 1.22 bits per heavy atom. The van der Waals surface area contributed by atoms with E-state index in [0.29, 0.717) is 6.04 Å². The number of furan rings is 1. The van der Waals surface area contributed by atoms with Gasteiger partial charge in [-0.3, -0.25) is 0 Å². The number of nitrogens with one attached hydrogen (secondary N) is 1. The van der Waals surface area contributed by atoms with Gasteiger partial charge in [-0.05, 0) is 36.6 Å². The average molecular weight is 242 g/mol. The van der Waals surface area contributed by atoms with Gasteiger partial charge in [-0.2, -0.15) is 0 Å². The minimum atomic E-state index is 0.141. The molecule has 3 nitrogen and oxygen atoms in total. The van der Waals surface area contributed by atoms with Gasteiger partial charge in [0.2, 0.25) is 0 Å². The number of fused-ring (bicyclic) bond motifs is 1. The van der Waals surface area contributed by atoms with Crippen LogP contribution in [0.15, 0.2) is 47.1 Å². The molecule has 0 saturated heterocycles. The molecule has 2 aromatic rings. The number of hydrogen-bond donors (Lipinski definition) is 2. The Labute approximate surface area is 107 Å². The summed E-state index contributed by atoms with van der Waals surface area (Å²) in [5.41, 5.74) is 8.76. The Kier molecular flexibility index (Phi) is 2.94. The third-order valence-electron chi connectivity index (χ3n) is 3.68. The van der Waals surface area contributed by atoms with Gasteiger partial charge < -0.3 is 15.5 Å². The van der Waals surface area contributed by atoms with Gasteiger partial charge >= 0.3 is 0 Å². The molecule has 0 saturated carbocycles. The molecule has 94 valence electrons. The Hall–Kier alpha value is -1.58. The van der Waals surface area contributed by atoms with Crippen molar-refractivity contribution in [3.63, 3.8) is 0 Å². The van der Waals surface area contributed by atoms with Gasteiger partial charge in [-0.25, -0.2) is 0 Å². The van der Waals surface area contributed by atoms with E-state index in [1.165, 1.54) is 11.1 Å². The molecule has 1 aromatic carbocycles. The van der Waals surface area contributed by atoms with Gasteiger partial charge in [0, 0.05) is 12.1 Å². The molecule has 1 aromatic heterocycles. The molecule has 1 heterocycles. The molecule has 3 heteroatoms. The van der Waals surface area contributed by atoms with E-state index >= 15 is 0 Å². The van der Waals surface area contributed by atoms with Crippen LogP contribution in [0.4, 0.5) is 0 Å². The van der Waals surface area contributed by atoms with Gasteiger partial charge in [0.1, 0.15) is 5.76 Å². The maximum atomic E-state index is 6.17. The zero-order valence-electron chi connectivity index (χ0n) is 10.5. The van der Waals surface area contributed by atoms with Crippen LogP contribution in [0.3, 0.4) is 0 Å². The van der Waals surface area contributed by atoms with Gasteiger partial charge in [-0.15, -0.1) is 0 Å². The largest absolute Gasteiger partial charge is 0.468 e. The third-order valence-corrected chi connectivity index (χ3v) is 3.68. The monoisotopic (exact) mass is 242 g/mol. The molecule has 18 heavy (non-hydrogen) atoms. The molecule has 2 unspecified atom stereocenters. The molecule has 0 fully saturated rings. The van der Waals surface area contributed by atoms with Crippen molar-refractivity contribution in [1.82, 2.24) is 5.32 Å². The molecular formula is C15H18N2O. The second-order valence-electron chi connectivity index (χ2n) is 4.93. The van der Waals surface area contributed by atoms with Crippen LogP contribution < -0.4 is 11.1 Å². The standard InChI is InChI=1S/C15H18N2O/c1-10(15-7-4-8-18-15)17-14-9-13(16)11-5-2-3-6-12(11)14/h2-8,10,13-14,17H,9,16H2,1H3/t10-,13?,14?/m0/s1. The van der Waals surface area contributed by atoms with Crippen molar-refractivity contribution < 1.29 is 4.42 Å². The Balaban J connectivity index is 1.79. The predicted octanol–water partition coefficient (Wildman–Crippen LogP) is 3.08. The molecule has 0 bridgehead atoms. The van der Waals surface area contributed by atoms with Crippen molar-refractivity contribution in [2.45, 2.75) is 31.5 Å². The first-order chi connectivity index (χ1) is 8.75. The summed E-state index contributed by atoms with van der Waals surface area (Å²) in [7, 11) is 0. The van der Waals surface area contributed by atoms with Crippen LogP contribution in [0, 0.1) is 0 Å². The molecule has 0 spiro atoms. The first kappa shape index (κ1) is 11.5. The second-order valence-corrected chi connectivity index (χ2v) is 4.93. The third kappa shape index (κ3) is 1.96. The molecule has 1 aliphatic rings. The summed E-state index contributed by atoms with van der Waals surface area (Å²) in [6.07, 6.45) is 2.66. The smallest absolute Gasteiger partial charge is 0.120 e. The highest BCUT2D eigenvalue weighted by Crippen LogP contribution is 2.38. The first-order valence-corrected chi connectivity index (χ1v) is 6.39. The van der Waals surface area contributed by atoms with Crippen molar-refractivity contribution in [3.05, 3.63) is 59.5 Å². The highest BCUT2D eigenvalue weighted by atomic mass is 16.3. The van der Waals surface area contributed by atoms with E-state index in [-0.39, 0.29) is 12.1 Å². The van der Waals surface area contributed by atoms with Crippen molar-refractivity contribution >= 4 is 0 Å². The van der Waals surface area contributed by atoms with Crippen LogP contribution in [-0.2, 0) is 0 Å². The van der Waals surface area contributed by atoms with Crippen LogP contribution >= 0.6 is 0 Å². The summed E-state index contributed by atoms with van der Waals surface area (Å²) in [4.78, 5) is 0. The van der Waals surface area contributed by atoms with Gasteiger partial charge in [0.25, 0.3) is 0 Å². The van der Waals surface area contributed by atoms with Crippen molar-refractivity contribution in [3.8, 4) is 0 Å². The molecule has 0 amide bonds. The van der Waals surface area contributed by atoms with Crippen molar-refractivity contribution in [2.24, 2.45) is 5.73 Å². The summed E-state index contributed by atoms with van der Waals surface area (Å²) >= 11 is 0. The van der Waals surface area contributed by atoms with E-state index in [1.54, 1.807) is 6.26 Å². The van der Waals surface area contributed by atoms with Crippen LogP contribution in [0.2, 0.25) is 0 Å². The highest BCUT2D eigenvalue weighted by Gasteiger charge is 2.29. The number of nitrogens with two attached hydrogens (primary N) is 1. The number of benzene rings is 1. The summed E-state index contributed by atoms with van der Waals surface area (Å²) < 4.78 is 5.43. The zero-order chi connectivity index (χ0) is 12.5. The minimum Gasteiger partial charge on any atom is -0.468 e. The molecule has 3 atom stereocenters. The Morgan fingerprint density at radius 2 is 2.00 bits per heavy atom. The van der Waals surface area contributed by atoms with Gasteiger partial charge in [0.05, 0.1) is 12.3 Å². The fourth-order valence-electron chi connectivity index (χ4n) is 2.75. The minimum absolute atomic E-state index is 0.141. The lowest BCUT2D eigenvalue weighted by molar-refractivity contribution is 0.383. The SMILES string of the molecule is C[C@H](NC1CC(N)c2ccccc21)c1ccco1. The van der Waals surface area contributed by atoms with Crippen LogP contribution in [-0.4, -0.2) is 0 Å². The topological polar surface area (TPSA) is 51.2 Å². The lowest BCUT2D eigenvalue weighted by Crippen LogP contribution is -2.23. The summed E-state index contributed by atoms with van der Waals surface area (Å²) in [6, 6.07) is 13.0. The Bertz CT molecular complexity index is 521. The van der Waals surface area contributed by atoms with Crippen LogP contribution in [0.5, 0.6) is 0 Å². The summed E-state index contributed by atoms with van der Waals surface area (Å²) in [6.45, 7) is 2.12. The zero-order valence-corrected chi connectivity index (χ0v) is 10.5. The van der Waals surface area contributed by atoms with E-state index < -0.39 is 0 Å². The maximum absolute atomic E-state index is 6.17. The van der Waals surface area contributed by atoms with Crippen molar-refractivity contribution in [2.75, 3.05) is 0 Å². The molecule has 0 radical (unpaired) electrons. The lowest BCUT2D eigenvalue weighted by Gasteiger charge is -2.18. The van der Waals surface area contributed by atoms with Gasteiger partial charge in [0.15, 0.2) is 0 Å². The van der Waals surface area contributed by atoms with E-state index in [1.807, 2.05) is 12.1 Å². The van der Waals surface area contributed by atoms with E-state index in [4.69, 9.17) is 10.2 Å². The number of rotatable bonds is 3. The molecule has 3 N–H and O–H groups in total. The molecule has 3 rings (SSSR count). The number of hydrogen-bond acceptors (Lipinski definition) is 3. The van der Waals surface area contributed by atoms with E-state index in [2.05, 4.69) is 36.5 Å². The lowest BCUT2D eigenvalue weighted by atomic mass is 10.1. The summed E-state index contributed by atoms with van der Waals surface area (Å²) in [5.74, 6) is 0.966. The molecule has 1 aliphatic carbocycles. The highest BCUT2D eigenvalue weighted by molar-refractivity contribution is 5.37. The van der Waals surface area contributed by atoms with Gasteiger partial charge in [-0.1, -0.05) is 24.3 Å². The molecular weight excluding hydrogens is 224 g/mol. The van der Waals surface area contributed by atoms with E-state index in [9.17, 15) is 0 Å². The second kappa shape index (κ2) is 4.59. The van der Waals surface area contributed by atoms with Crippen LogP contribution in [0.25, 0.3) is 0 Å². The average Bonchev–Trinajstić information content (AvgIpc) is 3.00. The predicted molar refractivity (Wildman–Crippen MR) is 71.0 cm³/mol. The fraction of sp³-hybridized carbons (Fsp3) is 0.333. The quantitative estimate of drug-likeness (QED) is 0.869. The summed E-state index contributed by atoms with van der Waals surface area (Å²) in [5, 5.41) is 3.59. The van der Waals surface area contributed by atoms with Crippen LogP contribution in [0.1, 0.15) is 48.4 Å². The molecule has 0 aliphatic heterocycles. The normalized spacial score (nSPS) is 23.9. The Morgan fingerprint density at radius 3 is 2.72 bits per heavy atom. The van der Waals surface area contributed by atoms with Crippen molar-refractivity contribution in [1.29, 1.82) is 0 Å².